The van der Waals surface area contributed by atoms with E-state index in [1.165, 1.54) is 12.1 Å². The number of aryl methyl sites for hydroxylation is 1. The maximum Gasteiger partial charge on any atom is 0.257 e. The van der Waals surface area contributed by atoms with Crippen molar-refractivity contribution in [3.8, 4) is 0 Å². The molecule has 0 atom stereocenters. The molecule has 104 valence electrons. The van der Waals surface area contributed by atoms with Crippen LogP contribution in [-0.2, 0) is 0 Å². The van der Waals surface area contributed by atoms with Crippen LogP contribution in [-0.4, -0.2) is 13.0 Å². The lowest BCUT2D eigenvalue weighted by Gasteiger charge is -2.12. The van der Waals surface area contributed by atoms with Crippen LogP contribution in [0.2, 0.25) is 0 Å². The van der Waals surface area contributed by atoms with Crippen LogP contribution in [0.4, 0.5) is 15.8 Å². The van der Waals surface area contributed by atoms with Gasteiger partial charge in [0.05, 0.1) is 11.3 Å². The Balaban J connectivity index is 2.33. The van der Waals surface area contributed by atoms with Gasteiger partial charge in [0.2, 0.25) is 0 Å². The molecule has 20 heavy (non-hydrogen) atoms. The number of para-hydroxylation sites is 1. The average molecular weight is 337 g/mol. The largest absolute Gasteiger partial charge is 0.385 e. The molecule has 0 saturated heterocycles. The summed E-state index contributed by atoms with van der Waals surface area (Å²) < 4.78 is 14.5. The molecule has 0 heterocycles. The van der Waals surface area contributed by atoms with E-state index in [0.717, 1.165) is 10.0 Å². The molecule has 0 aliphatic heterocycles. The highest BCUT2D eigenvalue weighted by Gasteiger charge is 2.15. The van der Waals surface area contributed by atoms with Crippen molar-refractivity contribution in [3.63, 3.8) is 0 Å². The Kier molecular flexibility index (Phi) is 4.39. The summed E-state index contributed by atoms with van der Waals surface area (Å²) in [7, 11) is 1.58. The zero-order valence-corrected chi connectivity index (χ0v) is 12.7. The first-order valence-corrected chi connectivity index (χ1v) is 6.86. The number of carbonyl (C=O) groups is 1. The molecule has 2 rings (SSSR count). The second-order valence-corrected chi connectivity index (χ2v) is 5.24. The molecule has 2 aromatic rings. The smallest absolute Gasteiger partial charge is 0.257 e. The van der Waals surface area contributed by atoms with E-state index < -0.39 is 5.82 Å². The minimum Gasteiger partial charge on any atom is -0.385 e. The minimum absolute atomic E-state index is 0.192. The fraction of sp³-hybridized carbons (Fsp3) is 0.133. The summed E-state index contributed by atoms with van der Waals surface area (Å²) in [5, 5.41) is 5.51. The Bertz CT molecular complexity index is 658. The molecule has 0 aliphatic carbocycles. The lowest BCUT2D eigenvalue weighted by Crippen LogP contribution is -2.15. The van der Waals surface area contributed by atoms with Crippen molar-refractivity contribution in [2.75, 3.05) is 17.7 Å². The number of amides is 1. The van der Waals surface area contributed by atoms with Crippen LogP contribution in [0.5, 0.6) is 0 Å². The Morgan fingerprint density at radius 3 is 2.70 bits per heavy atom. The Labute approximate surface area is 125 Å². The van der Waals surface area contributed by atoms with E-state index >= 15 is 0 Å². The van der Waals surface area contributed by atoms with Crippen molar-refractivity contribution in [1.29, 1.82) is 0 Å². The van der Waals surface area contributed by atoms with E-state index in [-0.39, 0.29) is 17.2 Å². The molecule has 0 saturated carbocycles. The van der Waals surface area contributed by atoms with Crippen molar-refractivity contribution in [2.45, 2.75) is 6.92 Å². The number of hydrogen-bond donors (Lipinski definition) is 2. The van der Waals surface area contributed by atoms with Gasteiger partial charge < -0.3 is 10.6 Å². The zero-order valence-electron chi connectivity index (χ0n) is 11.1. The predicted octanol–water partition coefficient (Wildman–Crippen LogP) is 4.19. The molecule has 0 bridgehead atoms. The monoisotopic (exact) mass is 336 g/mol. The second kappa shape index (κ2) is 6.05. The minimum atomic E-state index is -0.453. The van der Waals surface area contributed by atoms with E-state index in [1.54, 1.807) is 13.1 Å². The molecule has 0 aromatic heterocycles. The number of carbonyl (C=O) groups excluding carboxylic acids is 1. The van der Waals surface area contributed by atoms with Gasteiger partial charge in [-0.05, 0) is 36.8 Å². The van der Waals surface area contributed by atoms with Gasteiger partial charge in [-0.2, -0.15) is 0 Å². The molecule has 0 spiro atoms. The van der Waals surface area contributed by atoms with Gasteiger partial charge in [0.15, 0.2) is 0 Å². The predicted molar refractivity (Wildman–Crippen MR) is 82.8 cm³/mol. The summed E-state index contributed by atoms with van der Waals surface area (Å²) in [5.41, 5.74) is 2.09. The van der Waals surface area contributed by atoms with Crippen LogP contribution in [0.25, 0.3) is 0 Å². The van der Waals surface area contributed by atoms with Crippen LogP contribution >= 0.6 is 15.9 Å². The lowest BCUT2D eigenvalue weighted by molar-refractivity contribution is 0.102. The quantitative estimate of drug-likeness (QED) is 0.882. The third-order valence-electron chi connectivity index (χ3n) is 2.96. The first-order chi connectivity index (χ1) is 9.52. The molecule has 5 heteroatoms. The average Bonchev–Trinajstić information content (AvgIpc) is 2.42. The van der Waals surface area contributed by atoms with Gasteiger partial charge in [0.25, 0.3) is 5.91 Å². The highest BCUT2D eigenvalue weighted by Crippen LogP contribution is 2.24. The number of nitrogens with one attached hydrogen (secondary N) is 2. The zero-order chi connectivity index (χ0) is 14.7. The van der Waals surface area contributed by atoms with Gasteiger partial charge in [0, 0.05) is 17.2 Å². The van der Waals surface area contributed by atoms with Crippen molar-refractivity contribution < 1.29 is 9.18 Å². The van der Waals surface area contributed by atoms with Crippen LogP contribution < -0.4 is 10.6 Å². The van der Waals surface area contributed by atoms with Gasteiger partial charge in [-0.15, -0.1) is 0 Å². The molecule has 2 N–H and O–H groups in total. The summed E-state index contributed by atoms with van der Waals surface area (Å²) in [5.74, 6) is -0.804. The molecule has 0 fully saturated rings. The molecular formula is C15H14BrFN2O. The fourth-order valence-corrected chi connectivity index (χ4v) is 2.25. The number of anilines is 2. The van der Waals surface area contributed by atoms with E-state index in [2.05, 4.69) is 26.6 Å². The molecule has 3 nitrogen and oxygen atoms in total. The van der Waals surface area contributed by atoms with Crippen molar-refractivity contribution in [2.24, 2.45) is 0 Å². The number of hydrogen-bond acceptors (Lipinski definition) is 2. The highest BCUT2D eigenvalue weighted by molar-refractivity contribution is 9.10. The molecule has 0 radical (unpaired) electrons. The number of rotatable bonds is 3. The highest BCUT2D eigenvalue weighted by atomic mass is 79.9. The topological polar surface area (TPSA) is 41.1 Å². The first kappa shape index (κ1) is 14.5. The summed E-state index contributed by atoms with van der Waals surface area (Å²) in [6, 6.07) is 10.0. The maximum atomic E-state index is 13.6. The number of benzene rings is 2. The summed E-state index contributed by atoms with van der Waals surface area (Å²) >= 11 is 3.36. The Morgan fingerprint density at radius 2 is 2.00 bits per heavy atom. The second-order valence-electron chi connectivity index (χ2n) is 4.33. The molecule has 1 amide bonds. The summed E-state index contributed by atoms with van der Waals surface area (Å²) in [6.45, 7) is 1.90. The SMILES string of the molecule is CNc1c(F)cccc1C(=O)Nc1cc(Br)ccc1C. The van der Waals surface area contributed by atoms with E-state index in [1.807, 2.05) is 25.1 Å². The summed E-state index contributed by atoms with van der Waals surface area (Å²) in [4.78, 5) is 12.3. The fourth-order valence-electron chi connectivity index (χ4n) is 1.89. The molecule has 0 aliphatic rings. The normalized spacial score (nSPS) is 10.2. The Hall–Kier alpha value is -1.88. The van der Waals surface area contributed by atoms with Crippen LogP contribution in [0.15, 0.2) is 40.9 Å². The van der Waals surface area contributed by atoms with Crippen LogP contribution in [0, 0.1) is 12.7 Å². The van der Waals surface area contributed by atoms with Gasteiger partial charge in [-0.1, -0.05) is 28.1 Å². The van der Waals surface area contributed by atoms with Gasteiger partial charge in [0.1, 0.15) is 5.82 Å². The van der Waals surface area contributed by atoms with Crippen LogP contribution in [0.3, 0.4) is 0 Å². The lowest BCUT2D eigenvalue weighted by atomic mass is 10.1. The van der Waals surface area contributed by atoms with Gasteiger partial charge in [-0.25, -0.2) is 4.39 Å². The van der Waals surface area contributed by atoms with Crippen molar-refractivity contribution in [1.82, 2.24) is 0 Å². The molecule has 2 aromatic carbocycles. The van der Waals surface area contributed by atoms with E-state index in [4.69, 9.17) is 0 Å². The maximum absolute atomic E-state index is 13.6. The van der Waals surface area contributed by atoms with Gasteiger partial charge in [-0.3, -0.25) is 4.79 Å². The van der Waals surface area contributed by atoms with E-state index in [0.29, 0.717) is 5.69 Å². The van der Waals surface area contributed by atoms with Crippen molar-refractivity contribution in [3.05, 3.63) is 57.8 Å². The third kappa shape index (κ3) is 2.99. The molecular weight excluding hydrogens is 323 g/mol. The third-order valence-corrected chi connectivity index (χ3v) is 3.45. The number of halogens is 2. The van der Waals surface area contributed by atoms with E-state index in [9.17, 15) is 9.18 Å². The van der Waals surface area contributed by atoms with Crippen LogP contribution in [0.1, 0.15) is 15.9 Å². The van der Waals surface area contributed by atoms with Crippen molar-refractivity contribution >= 4 is 33.2 Å². The Morgan fingerprint density at radius 1 is 1.25 bits per heavy atom. The first-order valence-electron chi connectivity index (χ1n) is 6.06. The summed E-state index contributed by atoms with van der Waals surface area (Å²) in [6.07, 6.45) is 0. The van der Waals surface area contributed by atoms with Gasteiger partial charge >= 0.3 is 0 Å². The molecule has 0 unspecified atom stereocenters. The standard InChI is InChI=1S/C15H14BrFN2O/c1-9-6-7-10(16)8-13(9)19-15(20)11-4-3-5-12(17)14(11)18-2/h3-8,18H,1-2H3,(H,19,20).